The van der Waals surface area contributed by atoms with Gasteiger partial charge in [0.2, 0.25) is 11.8 Å². The van der Waals surface area contributed by atoms with Crippen molar-refractivity contribution in [3.05, 3.63) is 0 Å². The summed E-state index contributed by atoms with van der Waals surface area (Å²) in [4.78, 5) is 43.8. The zero-order chi connectivity index (χ0) is 19.4. The lowest BCUT2D eigenvalue weighted by Crippen LogP contribution is -2.55. The number of carbonyl (C=O) groups is 3. The Morgan fingerprint density at radius 3 is 2.35 bits per heavy atom. The normalized spacial score (nSPS) is 32.6. The van der Waals surface area contributed by atoms with Crippen LogP contribution in [-0.2, 0) is 19.1 Å². The van der Waals surface area contributed by atoms with Crippen molar-refractivity contribution < 1.29 is 19.1 Å². The molecular formula is C19H29N3O4. The molecule has 144 valence electrons. The van der Waals surface area contributed by atoms with Crippen LogP contribution in [0.1, 0.15) is 40.5 Å². The molecule has 0 aromatic rings. The van der Waals surface area contributed by atoms with Gasteiger partial charge in [-0.15, -0.1) is 0 Å². The van der Waals surface area contributed by atoms with Crippen LogP contribution < -0.4 is 5.32 Å². The predicted octanol–water partition coefficient (Wildman–Crippen LogP) is 1.02. The highest BCUT2D eigenvalue weighted by Gasteiger charge is 2.81. The fourth-order valence-electron chi connectivity index (χ4n) is 4.63. The topological polar surface area (TPSA) is 88.1 Å². The first kappa shape index (κ1) is 18.9. The largest absolute Gasteiger partial charge is 0.467 e. The van der Waals surface area contributed by atoms with Crippen LogP contribution in [0.15, 0.2) is 4.99 Å². The second-order valence-electron chi connectivity index (χ2n) is 8.69. The first-order valence-electron chi connectivity index (χ1n) is 9.29. The molecule has 1 N–H and O–H groups in total. The molecule has 26 heavy (non-hydrogen) atoms. The van der Waals surface area contributed by atoms with Gasteiger partial charge in [0, 0.05) is 18.4 Å². The number of piperidine rings is 1. The van der Waals surface area contributed by atoms with Crippen molar-refractivity contribution in [1.82, 2.24) is 10.2 Å². The van der Waals surface area contributed by atoms with Gasteiger partial charge in [-0.05, 0) is 30.9 Å². The van der Waals surface area contributed by atoms with E-state index < -0.39 is 23.6 Å². The van der Waals surface area contributed by atoms with E-state index in [2.05, 4.69) is 17.0 Å². The molecule has 1 heterocycles. The number of ether oxygens (including phenoxy) is 1. The van der Waals surface area contributed by atoms with Crippen LogP contribution in [0.25, 0.3) is 0 Å². The van der Waals surface area contributed by atoms with E-state index in [4.69, 9.17) is 4.74 Å². The molecule has 3 fully saturated rings. The monoisotopic (exact) mass is 363 g/mol. The summed E-state index contributed by atoms with van der Waals surface area (Å²) >= 11 is 0. The highest BCUT2D eigenvalue weighted by atomic mass is 16.5. The van der Waals surface area contributed by atoms with Crippen LogP contribution in [-0.4, -0.2) is 60.7 Å². The van der Waals surface area contributed by atoms with Crippen LogP contribution in [0.3, 0.4) is 0 Å². The molecule has 0 radical (unpaired) electrons. The number of esters is 1. The molecule has 0 aromatic carbocycles. The van der Waals surface area contributed by atoms with Crippen molar-refractivity contribution in [3.63, 3.8) is 0 Å². The van der Waals surface area contributed by atoms with E-state index in [-0.39, 0.29) is 35.0 Å². The number of carbonyl (C=O) groups excluding carboxylic acids is 3. The summed E-state index contributed by atoms with van der Waals surface area (Å²) in [6.45, 7) is 11.7. The van der Waals surface area contributed by atoms with Crippen molar-refractivity contribution in [2.75, 3.05) is 13.7 Å². The van der Waals surface area contributed by atoms with E-state index >= 15 is 0 Å². The predicted molar refractivity (Wildman–Crippen MR) is 96.6 cm³/mol. The Kier molecular flexibility index (Phi) is 4.40. The Hall–Kier alpha value is -1.92. The van der Waals surface area contributed by atoms with E-state index in [1.54, 1.807) is 18.7 Å². The summed E-state index contributed by atoms with van der Waals surface area (Å²) in [5, 5.41) is 2.88. The first-order chi connectivity index (χ1) is 12.1. The van der Waals surface area contributed by atoms with Crippen molar-refractivity contribution in [3.8, 4) is 0 Å². The minimum Gasteiger partial charge on any atom is -0.467 e. The highest BCUT2D eigenvalue weighted by Crippen LogP contribution is 2.70. The Morgan fingerprint density at radius 2 is 1.88 bits per heavy atom. The molecule has 3 rings (SSSR count). The molecule has 1 aliphatic heterocycles. The van der Waals surface area contributed by atoms with Crippen LogP contribution in [0, 0.1) is 23.2 Å². The molecule has 0 spiro atoms. The number of nitrogens with zero attached hydrogens (tertiary/aromatic N) is 2. The highest BCUT2D eigenvalue weighted by molar-refractivity contribution is 5.93. The summed E-state index contributed by atoms with van der Waals surface area (Å²) in [5.74, 6) is -0.948. The average Bonchev–Trinajstić information content (AvgIpc) is 3.46. The first-order valence-corrected chi connectivity index (χ1v) is 9.29. The minimum atomic E-state index is -0.676. The molecule has 7 heteroatoms. The quantitative estimate of drug-likeness (QED) is 0.564. The third-order valence-corrected chi connectivity index (χ3v) is 6.58. The Labute approximate surface area is 154 Å². The zero-order valence-corrected chi connectivity index (χ0v) is 16.2. The number of methoxy groups -OCH3 is 1. The van der Waals surface area contributed by atoms with Gasteiger partial charge in [0.25, 0.3) is 0 Å². The van der Waals surface area contributed by atoms with Gasteiger partial charge in [-0.3, -0.25) is 14.6 Å². The second-order valence-corrected chi connectivity index (χ2v) is 8.69. The maximum atomic E-state index is 13.3. The lowest BCUT2D eigenvalue weighted by atomic mass is 9.98. The molecule has 0 aromatic heterocycles. The van der Waals surface area contributed by atoms with Crippen molar-refractivity contribution in [2.45, 2.75) is 58.2 Å². The van der Waals surface area contributed by atoms with E-state index in [1.807, 2.05) is 13.8 Å². The smallest absolute Gasteiger partial charge is 0.328 e. The summed E-state index contributed by atoms with van der Waals surface area (Å²) in [6, 6.07) is -1.26. The van der Waals surface area contributed by atoms with Crippen LogP contribution in [0.4, 0.5) is 0 Å². The van der Waals surface area contributed by atoms with Crippen LogP contribution in [0.5, 0.6) is 0 Å². The maximum absolute atomic E-state index is 13.3. The molecule has 2 amide bonds. The molecule has 0 unspecified atom stereocenters. The number of hydrogen-bond donors (Lipinski definition) is 1. The van der Waals surface area contributed by atoms with Gasteiger partial charge in [-0.1, -0.05) is 27.7 Å². The molecule has 2 saturated carbocycles. The average molecular weight is 363 g/mol. The zero-order valence-electron chi connectivity index (χ0n) is 16.2. The summed E-state index contributed by atoms with van der Waals surface area (Å²) < 4.78 is 4.99. The molecule has 3 aliphatic rings. The third kappa shape index (κ3) is 2.55. The number of rotatable bonds is 6. The number of hydrogen-bond acceptors (Lipinski definition) is 5. The molecule has 0 bridgehead atoms. The standard InChI is InChI=1S/C19H29N3O4/c1-10(2)15(23)21-12(11-7-8-11)16(24)22-9-19(20-5)14(18(19,3)4)13(22)17(25)26-6/h10-14H,5,7-9H2,1-4,6H3,(H,21,23)/t12-,13-,14-,19+/m0/s1. The maximum Gasteiger partial charge on any atom is 0.328 e. The van der Waals surface area contributed by atoms with Crippen molar-refractivity contribution in [2.24, 2.45) is 28.2 Å². The van der Waals surface area contributed by atoms with E-state index in [1.165, 1.54) is 7.11 Å². The second kappa shape index (κ2) is 6.06. The van der Waals surface area contributed by atoms with Gasteiger partial charge in [-0.25, -0.2) is 4.79 Å². The van der Waals surface area contributed by atoms with Gasteiger partial charge in [0.1, 0.15) is 12.1 Å². The minimum absolute atomic E-state index is 0.107. The number of fused-ring (bicyclic) bond motifs is 1. The lowest BCUT2D eigenvalue weighted by Gasteiger charge is -2.33. The van der Waals surface area contributed by atoms with E-state index in [0.717, 1.165) is 12.8 Å². The van der Waals surface area contributed by atoms with E-state index in [0.29, 0.717) is 6.54 Å². The fraction of sp³-hybridized carbons (Fsp3) is 0.789. The molecule has 7 nitrogen and oxygen atoms in total. The van der Waals surface area contributed by atoms with Gasteiger partial charge in [-0.2, -0.15) is 0 Å². The Balaban J connectivity index is 1.86. The number of aliphatic imine (C=N–C) groups is 1. The van der Waals surface area contributed by atoms with Crippen LogP contribution >= 0.6 is 0 Å². The molecule has 1 saturated heterocycles. The van der Waals surface area contributed by atoms with Gasteiger partial charge in [0.15, 0.2) is 0 Å². The van der Waals surface area contributed by atoms with Crippen molar-refractivity contribution >= 4 is 24.5 Å². The fourth-order valence-corrected chi connectivity index (χ4v) is 4.63. The molecule has 2 aliphatic carbocycles. The molecular weight excluding hydrogens is 334 g/mol. The molecule has 4 atom stereocenters. The number of likely N-dealkylation sites (tertiary alicyclic amines) is 1. The van der Waals surface area contributed by atoms with Gasteiger partial charge >= 0.3 is 5.97 Å². The lowest BCUT2D eigenvalue weighted by molar-refractivity contribution is -0.154. The SMILES string of the molecule is C=N[C@]12CN(C(=O)[C@@H](NC(=O)C(C)C)C3CC3)[C@H](C(=O)OC)[C@H]1C2(C)C. The number of nitrogens with one attached hydrogen (secondary N) is 1. The van der Waals surface area contributed by atoms with Gasteiger partial charge in [0.05, 0.1) is 12.6 Å². The summed E-state index contributed by atoms with van der Waals surface area (Å²) in [7, 11) is 1.33. The Bertz CT molecular complexity index is 655. The van der Waals surface area contributed by atoms with Crippen LogP contribution in [0.2, 0.25) is 0 Å². The summed E-state index contributed by atoms with van der Waals surface area (Å²) in [5.41, 5.74) is -0.724. The Morgan fingerprint density at radius 1 is 1.27 bits per heavy atom. The van der Waals surface area contributed by atoms with E-state index in [9.17, 15) is 14.4 Å². The summed E-state index contributed by atoms with van der Waals surface area (Å²) in [6.07, 6.45) is 1.82. The van der Waals surface area contributed by atoms with Crippen molar-refractivity contribution in [1.29, 1.82) is 0 Å². The third-order valence-electron chi connectivity index (χ3n) is 6.58. The number of amides is 2. The van der Waals surface area contributed by atoms with Gasteiger partial charge < -0.3 is 15.0 Å².